The summed E-state index contributed by atoms with van der Waals surface area (Å²) in [5, 5.41) is 17.9. The molecule has 1 fully saturated rings. The van der Waals surface area contributed by atoms with Crippen molar-refractivity contribution in [1.82, 2.24) is 10.4 Å². The summed E-state index contributed by atoms with van der Waals surface area (Å²) < 4.78 is 41.8. The second kappa shape index (κ2) is 12.6. The van der Waals surface area contributed by atoms with E-state index in [-0.39, 0.29) is 29.4 Å². The number of hydrogen-bond donors (Lipinski definition) is 2. The summed E-state index contributed by atoms with van der Waals surface area (Å²) in [6.07, 6.45) is 4.73. The predicted molar refractivity (Wildman–Crippen MR) is 161 cm³/mol. The fraction of sp³-hybridized carbons (Fsp3) is 0.424. The Balaban J connectivity index is 1.47. The van der Waals surface area contributed by atoms with Gasteiger partial charge in [-0.25, -0.2) is 13.2 Å². The van der Waals surface area contributed by atoms with Crippen LogP contribution in [-0.2, 0) is 4.79 Å². The fourth-order valence-corrected chi connectivity index (χ4v) is 10.7. The maximum absolute atomic E-state index is 13.9. The number of hydrogen-bond acceptors (Lipinski definition) is 3. The number of halogens is 3. The van der Waals surface area contributed by atoms with Crippen LogP contribution in [0, 0.1) is 17.5 Å². The minimum absolute atomic E-state index is 0.00431. The number of piperidine rings is 1. The summed E-state index contributed by atoms with van der Waals surface area (Å²) in [6.45, 7) is 7.91. The average molecular weight is 586 g/mol. The Kier molecular flexibility index (Phi) is 9.63. The van der Waals surface area contributed by atoms with Gasteiger partial charge in [-0.2, -0.15) is 5.06 Å². The zero-order chi connectivity index (χ0) is 29.8. The van der Waals surface area contributed by atoms with Gasteiger partial charge in [-0.15, -0.1) is 0 Å². The third-order valence-electron chi connectivity index (χ3n) is 8.20. The number of carbonyl (C=O) groups excluding carboxylic acids is 1. The van der Waals surface area contributed by atoms with E-state index in [1.54, 1.807) is 36.4 Å². The van der Waals surface area contributed by atoms with Gasteiger partial charge in [0.15, 0.2) is 0 Å². The molecular formula is C33H41F3N2O2P+. The van der Waals surface area contributed by atoms with Gasteiger partial charge < -0.3 is 10.5 Å². The van der Waals surface area contributed by atoms with Crippen molar-refractivity contribution in [2.45, 2.75) is 83.3 Å². The van der Waals surface area contributed by atoms with Gasteiger partial charge >= 0.3 is 0 Å². The van der Waals surface area contributed by atoms with Crippen molar-refractivity contribution in [2.75, 3.05) is 6.16 Å². The van der Waals surface area contributed by atoms with Crippen LogP contribution in [0.15, 0.2) is 72.8 Å². The molecular weight excluding hydrogens is 544 g/mol. The van der Waals surface area contributed by atoms with Crippen LogP contribution < -0.4 is 21.2 Å². The first-order chi connectivity index (χ1) is 19.3. The zero-order valence-electron chi connectivity index (χ0n) is 24.3. The summed E-state index contributed by atoms with van der Waals surface area (Å²) in [6, 6.07) is 19.3. The molecule has 220 valence electrons. The molecule has 3 aromatic carbocycles. The third-order valence-corrected chi connectivity index (χ3v) is 12.7. The molecule has 0 spiro atoms. The van der Waals surface area contributed by atoms with Gasteiger partial charge in [0.2, 0.25) is 5.91 Å². The predicted octanol–water partition coefficient (Wildman–Crippen LogP) is 6.49. The van der Waals surface area contributed by atoms with Crippen LogP contribution in [-0.4, -0.2) is 39.5 Å². The molecule has 1 amide bonds. The molecule has 0 bridgehead atoms. The first-order valence-corrected chi connectivity index (χ1v) is 16.3. The molecule has 41 heavy (non-hydrogen) atoms. The Hall–Kier alpha value is -2.73. The molecule has 0 radical (unpaired) electrons. The van der Waals surface area contributed by atoms with Crippen molar-refractivity contribution in [3.63, 3.8) is 0 Å². The molecule has 0 unspecified atom stereocenters. The third kappa shape index (κ3) is 7.20. The maximum atomic E-state index is 13.9. The molecule has 1 saturated heterocycles. The average Bonchev–Trinajstić information content (AvgIpc) is 2.91. The van der Waals surface area contributed by atoms with Crippen molar-refractivity contribution in [3.8, 4) is 0 Å². The van der Waals surface area contributed by atoms with Gasteiger partial charge in [0.05, 0.1) is 6.16 Å². The van der Waals surface area contributed by atoms with Gasteiger partial charge in [0, 0.05) is 23.5 Å². The van der Waals surface area contributed by atoms with Crippen LogP contribution in [0.1, 0.15) is 66.2 Å². The number of nitrogens with one attached hydrogen (secondary N) is 1. The van der Waals surface area contributed by atoms with Crippen LogP contribution in [0.4, 0.5) is 13.2 Å². The Morgan fingerprint density at radius 3 is 1.54 bits per heavy atom. The molecule has 1 heterocycles. The van der Waals surface area contributed by atoms with E-state index in [9.17, 15) is 23.2 Å². The monoisotopic (exact) mass is 585 g/mol. The zero-order valence-corrected chi connectivity index (χ0v) is 25.2. The summed E-state index contributed by atoms with van der Waals surface area (Å²) in [5.74, 6) is -1.02. The summed E-state index contributed by atoms with van der Waals surface area (Å²) in [5.41, 5.74) is -0.873. The first-order valence-electron chi connectivity index (χ1n) is 14.3. The van der Waals surface area contributed by atoms with Crippen LogP contribution in [0.5, 0.6) is 0 Å². The van der Waals surface area contributed by atoms with Crippen LogP contribution in [0.25, 0.3) is 0 Å². The Morgan fingerprint density at radius 1 is 0.756 bits per heavy atom. The van der Waals surface area contributed by atoms with Crippen molar-refractivity contribution in [3.05, 3.63) is 90.2 Å². The van der Waals surface area contributed by atoms with Crippen molar-refractivity contribution in [1.29, 1.82) is 0 Å². The number of nitrogens with zero attached hydrogens (tertiary/aromatic N) is 1. The second-order valence-corrected chi connectivity index (χ2v) is 16.0. The lowest BCUT2D eigenvalue weighted by molar-refractivity contribution is -0.246. The minimum Gasteiger partial charge on any atom is -0.353 e. The van der Waals surface area contributed by atoms with E-state index < -0.39 is 18.3 Å². The number of rotatable bonds is 10. The summed E-state index contributed by atoms with van der Waals surface area (Å²) in [7, 11) is -2.37. The van der Waals surface area contributed by atoms with Gasteiger partial charge in [0.1, 0.15) is 40.6 Å². The van der Waals surface area contributed by atoms with Crippen LogP contribution >= 0.6 is 7.26 Å². The topological polar surface area (TPSA) is 52.6 Å². The molecule has 0 atom stereocenters. The van der Waals surface area contributed by atoms with Crippen LogP contribution in [0.3, 0.4) is 0 Å². The summed E-state index contributed by atoms with van der Waals surface area (Å²) in [4.78, 5) is 12.8. The van der Waals surface area contributed by atoms with E-state index in [4.69, 9.17) is 0 Å². The molecule has 8 heteroatoms. The molecule has 3 aromatic rings. The maximum Gasteiger partial charge on any atom is 0.220 e. The van der Waals surface area contributed by atoms with E-state index in [0.717, 1.165) is 34.9 Å². The Morgan fingerprint density at radius 2 is 1.15 bits per heavy atom. The number of benzene rings is 3. The fourth-order valence-electron chi connectivity index (χ4n) is 6.40. The number of unbranched alkanes of at least 4 members (excludes halogenated alkanes) is 2. The van der Waals surface area contributed by atoms with E-state index in [2.05, 4.69) is 5.32 Å². The molecule has 1 aliphatic rings. The highest BCUT2D eigenvalue weighted by Gasteiger charge is 2.46. The van der Waals surface area contributed by atoms with E-state index in [0.29, 0.717) is 25.7 Å². The van der Waals surface area contributed by atoms with Crippen molar-refractivity contribution < 1.29 is 23.2 Å². The van der Waals surface area contributed by atoms with E-state index >= 15 is 0 Å². The lowest BCUT2D eigenvalue weighted by Crippen LogP contribution is -2.62. The van der Waals surface area contributed by atoms with Gasteiger partial charge in [0.25, 0.3) is 0 Å². The molecule has 0 aliphatic carbocycles. The smallest absolute Gasteiger partial charge is 0.220 e. The number of carbonyl (C=O) groups is 1. The summed E-state index contributed by atoms with van der Waals surface area (Å²) >= 11 is 0. The molecule has 4 rings (SSSR count). The van der Waals surface area contributed by atoms with E-state index in [1.807, 2.05) is 27.7 Å². The number of amides is 1. The lowest BCUT2D eigenvalue weighted by atomic mass is 9.79. The van der Waals surface area contributed by atoms with Crippen molar-refractivity contribution in [2.24, 2.45) is 0 Å². The molecule has 4 nitrogen and oxygen atoms in total. The van der Waals surface area contributed by atoms with Gasteiger partial charge in [-0.1, -0.05) is 0 Å². The van der Waals surface area contributed by atoms with Gasteiger partial charge in [-0.3, -0.25) is 4.79 Å². The normalized spacial score (nSPS) is 17.4. The quantitative estimate of drug-likeness (QED) is 0.211. The van der Waals surface area contributed by atoms with Gasteiger partial charge in [-0.05, 0) is 133 Å². The largest absolute Gasteiger partial charge is 0.353 e. The molecule has 0 saturated carbocycles. The highest BCUT2D eigenvalue weighted by molar-refractivity contribution is 7.95. The molecule has 0 aromatic heterocycles. The molecule has 2 N–H and O–H groups in total. The van der Waals surface area contributed by atoms with E-state index in [1.165, 1.54) is 41.5 Å². The Labute approximate surface area is 242 Å². The standard InChI is InChI=1S/C33H40F3N2O2P/c1-32(2)22-27(23-33(3,4)38(32)40)37-31(39)8-6-5-7-21-41(28-15-9-24(34)10-16-28,29-17-11-25(35)12-18-29)30-19-13-26(36)14-20-30/h9-20,27,40H,5-8,21-23H2,1-4H3/p+1. The minimum atomic E-state index is -2.37. The SMILES string of the molecule is CC1(C)CC(NC(=O)CCCCC[P+](c2ccc(F)cc2)(c2ccc(F)cc2)c2ccc(F)cc2)CC(C)(C)N1O. The molecule has 1 aliphatic heterocycles. The highest BCUT2D eigenvalue weighted by Crippen LogP contribution is 2.56. The second-order valence-electron chi connectivity index (χ2n) is 12.4. The van der Waals surface area contributed by atoms with Crippen LogP contribution in [0.2, 0.25) is 0 Å². The highest BCUT2D eigenvalue weighted by atomic mass is 31.2. The Bertz CT molecular complexity index is 1180. The van der Waals surface area contributed by atoms with Crippen molar-refractivity contribution >= 4 is 29.1 Å². The number of hydroxylamine groups is 2. The first kappa shape index (κ1) is 31.2. The lowest BCUT2D eigenvalue weighted by Gasteiger charge is -2.51.